The Labute approximate surface area is 232 Å². The lowest BCUT2D eigenvalue weighted by molar-refractivity contribution is -0.127. The lowest BCUT2D eigenvalue weighted by Crippen LogP contribution is -2.36. The molecule has 0 aliphatic carbocycles. The maximum atomic E-state index is 13.8. The number of nitrogens with one attached hydrogen (secondary N) is 1. The van der Waals surface area contributed by atoms with Gasteiger partial charge >= 0.3 is 0 Å². The van der Waals surface area contributed by atoms with E-state index in [1.54, 1.807) is 36.4 Å². The number of hydrogen-bond donors (Lipinski definition) is 1. The first-order chi connectivity index (χ1) is 17.6. The standard InChI is InChI=1S/C25H15BrCl2F2N2O4S/c26-17-7-13(1-6-21(17)36-12-14-2-3-15(27)9-18(14)28)8-22-24(34)32(25(35)37-22)11-23(33)31-20-5-4-16(29)10-19(20)30/h1-10H,11-12H2,(H,31,33)/b22-8+. The Morgan fingerprint density at radius 2 is 1.86 bits per heavy atom. The number of amides is 3. The normalized spacial score (nSPS) is 14.4. The molecule has 3 aromatic carbocycles. The van der Waals surface area contributed by atoms with Crippen molar-refractivity contribution in [3.63, 3.8) is 0 Å². The Kier molecular flexibility index (Phi) is 8.53. The molecular weight excluding hydrogens is 613 g/mol. The molecule has 6 nitrogen and oxygen atoms in total. The lowest BCUT2D eigenvalue weighted by Gasteiger charge is -2.13. The molecule has 3 amide bonds. The van der Waals surface area contributed by atoms with Gasteiger partial charge in [0.1, 0.15) is 30.5 Å². The number of hydrogen-bond acceptors (Lipinski definition) is 5. The minimum Gasteiger partial charge on any atom is -0.488 e. The zero-order chi connectivity index (χ0) is 26.7. The van der Waals surface area contributed by atoms with Crippen molar-refractivity contribution in [3.05, 3.63) is 96.8 Å². The maximum Gasteiger partial charge on any atom is 0.294 e. The molecule has 1 saturated heterocycles. The molecule has 1 aliphatic heterocycles. The van der Waals surface area contributed by atoms with Gasteiger partial charge in [0, 0.05) is 21.7 Å². The molecule has 190 valence electrons. The number of thioether (sulfide) groups is 1. The Morgan fingerprint density at radius 1 is 1.08 bits per heavy atom. The van der Waals surface area contributed by atoms with Gasteiger partial charge in [-0.05, 0) is 75.7 Å². The molecule has 3 aromatic rings. The smallest absolute Gasteiger partial charge is 0.294 e. The van der Waals surface area contributed by atoms with Gasteiger partial charge in [-0.1, -0.05) is 35.3 Å². The molecule has 12 heteroatoms. The number of benzene rings is 3. The summed E-state index contributed by atoms with van der Waals surface area (Å²) in [6, 6.07) is 12.8. The fraction of sp³-hybridized carbons (Fsp3) is 0.0800. The summed E-state index contributed by atoms with van der Waals surface area (Å²) < 4.78 is 33.2. The van der Waals surface area contributed by atoms with Gasteiger partial charge < -0.3 is 10.1 Å². The average molecular weight is 628 g/mol. The van der Waals surface area contributed by atoms with E-state index in [2.05, 4.69) is 21.2 Å². The summed E-state index contributed by atoms with van der Waals surface area (Å²) in [5, 5.41) is 2.57. The van der Waals surface area contributed by atoms with E-state index in [1.807, 2.05) is 0 Å². The first-order valence-corrected chi connectivity index (χ1v) is 12.8. The summed E-state index contributed by atoms with van der Waals surface area (Å²) in [6.07, 6.45) is 1.51. The third-order valence-corrected chi connectivity index (χ3v) is 7.15. The largest absolute Gasteiger partial charge is 0.488 e. The van der Waals surface area contributed by atoms with E-state index in [0.29, 0.717) is 43.7 Å². The van der Waals surface area contributed by atoms with E-state index in [1.165, 1.54) is 6.08 Å². The highest BCUT2D eigenvalue weighted by Gasteiger charge is 2.36. The van der Waals surface area contributed by atoms with Crippen molar-refractivity contribution in [1.82, 2.24) is 4.90 Å². The molecule has 0 spiro atoms. The SMILES string of the molecule is O=C(CN1C(=O)S/C(=C/c2ccc(OCc3ccc(Cl)cc3Cl)c(Br)c2)C1=O)Nc1ccc(F)cc1F. The first kappa shape index (κ1) is 27.1. The highest BCUT2D eigenvalue weighted by Crippen LogP contribution is 2.34. The lowest BCUT2D eigenvalue weighted by atomic mass is 10.2. The predicted molar refractivity (Wildman–Crippen MR) is 143 cm³/mol. The molecule has 0 aromatic heterocycles. The Hall–Kier alpha value is -2.92. The van der Waals surface area contributed by atoms with E-state index in [9.17, 15) is 23.2 Å². The fourth-order valence-electron chi connectivity index (χ4n) is 3.23. The molecule has 0 radical (unpaired) electrons. The summed E-state index contributed by atoms with van der Waals surface area (Å²) >= 11 is 16.2. The first-order valence-electron chi connectivity index (χ1n) is 10.5. The number of halogens is 5. The molecule has 0 atom stereocenters. The molecule has 1 heterocycles. The molecule has 37 heavy (non-hydrogen) atoms. The molecule has 0 saturated carbocycles. The van der Waals surface area contributed by atoms with Gasteiger partial charge in [-0.3, -0.25) is 19.3 Å². The molecule has 0 bridgehead atoms. The number of carbonyl (C=O) groups is 3. The van der Waals surface area contributed by atoms with Gasteiger partial charge in [-0.25, -0.2) is 8.78 Å². The van der Waals surface area contributed by atoms with Gasteiger partial charge in [0.2, 0.25) is 5.91 Å². The summed E-state index contributed by atoms with van der Waals surface area (Å²) in [5.74, 6) is -2.72. The van der Waals surface area contributed by atoms with Crippen molar-refractivity contribution in [1.29, 1.82) is 0 Å². The summed E-state index contributed by atoms with van der Waals surface area (Å²) in [6.45, 7) is -0.417. The monoisotopic (exact) mass is 626 g/mol. The summed E-state index contributed by atoms with van der Waals surface area (Å²) in [4.78, 5) is 38.2. The Morgan fingerprint density at radius 3 is 2.57 bits per heavy atom. The molecule has 1 aliphatic rings. The van der Waals surface area contributed by atoms with E-state index < -0.39 is 35.2 Å². The summed E-state index contributed by atoms with van der Waals surface area (Å²) in [7, 11) is 0. The van der Waals surface area contributed by atoms with Gasteiger partial charge in [0.05, 0.1) is 15.1 Å². The number of imide groups is 1. The van der Waals surface area contributed by atoms with E-state index in [0.717, 1.165) is 22.6 Å². The zero-order valence-corrected chi connectivity index (χ0v) is 22.5. The van der Waals surface area contributed by atoms with Crippen LogP contribution in [0.5, 0.6) is 5.75 Å². The highest BCUT2D eigenvalue weighted by atomic mass is 79.9. The van der Waals surface area contributed by atoms with E-state index in [4.69, 9.17) is 27.9 Å². The van der Waals surface area contributed by atoms with Crippen LogP contribution in [0.3, 0.4) is 0 Å². The van der Waals surface area contributed by atoms with Crippen LogP contribution in [0.4, 0.5) is 19.3 Å². The van der Waals surface area contributed by atoms with Crippen molar-refractivity contribution in [2.45, 2.75) is 6.61 Å². The minimum atomic E-state index is -0.975. The molecule has 0 unspecified atom stereocenters. The number of ether oxygens (including phenoxy) is 1. The maximum absolute atomic E-state index is 13.8. The van der Waals surface area contributed by atoms with Gasteiger partial charge in [-0.2, -0.15) is 0 Å². The third kappa shape index (κ3) is 6.70. The molecule has 1 fully saturated rings. The number of carbonyl (C=O) groups excluding carboxylic acids is 3. The van der Waals surface area contributed by atoms with Crippen molar-refractivity contribution in [2.75, 3.05) is 11.9 Å². The average Bonchev–Trinajstić information content (AvgIpc) is 3.08. The molecule has 4 rings (SSSR count). The van der Waals surface area contributed by atoms with Crippen LogP contribution in [0.2, 0.25) is 10.0 Å². The topological polar surface area (TPSA) is 75.7 Å². The summed E-state index contributed by atoms with van der Waals surface area (Å²) in [5.41, 5.74) is 1.09. The van der Waals surface area contributed by atoms with Crippen molar-refractivity contribution < 1.29 is 27.9 Å². The van der Waals surface area contributed by atoms with E-state index >= 15 is 0 Å². The fourth-order valence-corrected chi connectivity index (χ4v) is 5.04. The quantitative estimate of drug-likeness (QED) is 0.279. The second-order valence-corrected chi connectivity index (χ2v) is 10.3. The van der Waals surface area contributed by atoms with Crippen LogP contribution < -0.4 is 10.1 Å². The number of nitrogens with zero attached hydrogens (tertiary/aromatic N) is 1. The van der Waals surface area contributed by atoms with Gasteiger partial charge in [-0.15, -0.1) is 0 Å². The van der Waals surface area contributed by atoms with Gasteiger partial charge in [0.15, 0.2) is 0 Å². The van der Waals surface area contributed by atoms with Crippen LogP contribution in [-0.4, -0.2) is 28.5 Å². The van der Waals surface area contributed by atoms with Crippen molar-refractivity contribution in [3.8, 4) is 5.75 Å². The van der Waals surface area contributed by atoms with Crippen molar-refractivity contribution in [2.24, 2.45) is 0 Å². The Balaban J connectivity index is 1.40. The number of anilines is 1. The predicted octanol–water partition coefficient (Wildman–Crippen LogP) is 7.29. The van der Waals surface area contributed by atoms with Gasteiger partial charge in [0.25, 0.3) is 11.1 Å². The Bertz CT molecular complexity index is 1450. The van der Waals surface area contributed by atoms with Crippen LogP contribution in [0.15, 0.2) is 64.0 Å². The molecular formula is C25H15BrCl2F2N2O4S. The minimum absolute atomic E-state index is 0.110. The zero-order valence-electron chi connectivity index (χ0n) is 18.6. The van der Waals surface area contributed by atoms with Crippen LogP contribution in [-0.2, 0) is 16.2 Å². The number of rotatable bonds is 7. The van der Waals surface area contributed by atoms with Crippen LogP contribution in [0.1, 0.15) is 11.1 Å². The third-order valence-electron chi connectivity index (χ3n) is 5.03. The van der Waals surface area contributed by atoms with Crippen LogP contribution >= 0.6 is 50.9 Å². The van der Waals surface area contributed by atoms with Crippen LogP contribution in [0.25, 0.3) is 6.08 Å². The van der Waals surface area contributed by atoms with E-state index in [-0.39, 0.29) is 17.2 Å². The van der Waals surface area contributed by atoms with Crippen LogP contribution in [0, 0.1) is 11.6 Å². The second-order valence-electron chi connectivity index (χ2n) is 7.65. The molecule has 1 N–H and O–H groups in total. The second kappa shape index (κ2) is 11.6. The van der Waals surface area contributed by atoms with Crippen molar-refractivity contribution >= 4 is 79.7 Å². The highest BCUT2D eigenvalue weighted by molar-refractivity contribution is 9.10.